The Hall–Kier alpha value is -4.33. The fraction of sp³-hybridized carbons (Fsp3) is 0.194. The van der Waals surface area contributed by atoms with E-state index in [2.05, 4.69) is 25.3 Å². The second kappa shape index (κ2) is 15.9. The van der Waals surface area contributed by atoms with Crippen LogP contribution in [0.15, 0.2) is 88.5 Å². The summed E-state index contributed by atoms with van der Waals surface area (Å²) < 4.78 is 15.0. The van der Waals surface area contributed by atoms with Gasteiger partial charge in [0, 0.05) is 39.3 Å². The lowest BCUT2D eigenvalue weighted by molar-refractivity contribution is -0.115. The van der Waals surface area contributed by atoms with E-state index < -0.39 is 17.1 Å². The molecule has 0 aliphatic rings. The number of methoxy groups -OCH3 is 2. The first-order valence-corrected chi connectivity index (χ1v) is 16.1. The van der Waals surface area contributed by atoms with Gasteiger partial charge in [0.1, 0.15) is 17.2 Å². The Morgan fingerprint density at radius 1 is 0.977 bits per heavy atom. The monoisotopic (exact) mass is 649 g/mol. The van der Waals surface area contributed by atoms with Crippen LogP contribution in [0.25, 0.3) is 6.08 Å². The third kappa shape index (κ3) is 9.09. The zero-order valence-electron chi connectivity index (χ0n) is 24.5. The van der Waals surface area contributed by atoms with E-state index in [1.807, 2.05) is 19.1 Å². The number of carbonyl (C=O) groups excluding carboxylic acids is 3. The predicted octanol–water partition coefficient (Wildman–Crippen LogP) is 6.20. The molecule has 10 nitrogen and oxygen atoms in total. The van der Waals surface area contributed by atoms with Crippen LogP contribution >= 0.6 is 35.1 Å². The van der Waals surface area contributed by atoms with E-state index in [0.29, 0.717) is 38.6 Å². The molecule has 228 valence electrons. The van der Waals surface area contributed by atoms with Crippen molar-refractivity contribution in [3.05, 3.63) is 89.6 Å². The fourth-order valence-electron chi connectivity index (χ4n) is 3.76. The molecule has 0 spiro atoms. The molecule has 4 rings (SSSR count). The Labute approximate surface area is 268 Å². The number of nitrogens with one attached hydrogen (secondary N) is 3. The molecule has 13 heteroatoms. The van der Waals surface area contributed by atoms with Gasteiger partial charge in [0.25, 0.3) is 11.8 Å². The van der Waals surface area contributed by atoms with Crippen LogP contribution in [0.3, 0.4) is 0 Å². The molecule has 0 fully saturated rings. The van der Waals surface area contributed by atoms with Crippen molar-refractivity contribution in [2.75, 3.05) is 30.6 Å². The number of hydrogen-bond donors (Lipinski definition) is 3. The molecule has 0 radical (unpaired) electrons. The Morgan fingerprint density at radius 2 is 1.73 bits per heavy atom. The lowest BCUT2D eigenvalue weighted by atomic mass is 10.1. The van der Waals surface area contributed by atoms with E-state index in [9.17, 15) is 14.4 Å². The van der Waals surface area contributed by atoms with Crippen LogP contribution in [-0.2, 0) is 9.59 Å². The van der Waals surface area contributed by atoms with Gasteiger partial charge in [-0.2, -0.15) is 9.36 Å². The molecule has 1 aromatic heterocycles. The number of aromatic nitrogens is 2. The maximum Gasteiger partial charge on any atom is 0.272 e. The summed E-state index contributed by atoms with van der Waals surface area (Å²) >= 11 is 4.04. The summed E-state index contributed by atoms with van der Waals surface area (Å²) in [5.74, 6) is 0.752. The quantitative estimate of drug-likeness (QED) is 0.115. The van der Waals surface area contributed by atoms with E-state index in [1.54, 1.807) is 80.8 Å². The lowest BCUT2D eigenvalue weighted by Crippen LogP contribution is -2.30. The number of rotatable bonds is 13. The molecule has 0 aliphatic carbocycles. The smallest absolute Gasteiger partial charge is 0.272 e. The van der Waals surface area contributed by atoms with Gasteiger partial charge in [0.2, 0.25) is 16.2 Å². The fourth-order valence-corrected chi connectivity index (χ4v) is 5.90. The minimum absolute atomic E-state index is 0.0169. The summed E-state index contributed by atoms with van der Waals surface area (Å²) in [4.78, 5) is 44.2. The first kappa shape index (κ1) is 32.6. The van der Waals surface area contributed by atoms with Gasteiger partial charge in [-0.1, -0.05) is 36.9 Å². The van der Waals surface area contributed by atoms with Gasteiger partial charge in [-0.25, -0.2) is 0 Å². The molecule has 3 N–H and O–H groups in total. The highest BCUT2D eigenvalue weighted by atomic mass is 32.2. The standard InChI is InChI=1S/C31H31N5O5S3/c1-5-42-31-35-30(44-36-31)34-27(37)19(2)43-24-15-12-22(13-16-24)32-29(39)25(33-28(38)20-9-7-6-8-10-20)17-21-11-14-23(40-3)18-26(21)41-4/h6-19H,5H2,1-4H3,(H,32,39)(H,33,38)(H,34,35,36,37)/b25-17-. The molecular formula is C31H31N5O5S3. The number of hydrogen-bond acceptors (Lipinski definition) is 10. The molecule has 0 saturated carbocycles. The molecule has 0 bridgehead atoms. The summed E-state index contributed by atoms with van der Waals surface area (Å²) in [5, 5.41) is 9.08. The first-order valence-electron chi connectivity index (χ1n) is 13.4. The largest absolute Gasteiger partial charge is 0.497 e. The second-order valence-corrected chi connectivity index (χ2v) is 12.4. The first-order chi connectivity index (χ1) is 21.3. The van der Waals surface area contributed by atoms with E-state index in [4.69, 9.17) is 9.47 Å². The Morgan fingerprint density at radius 3 is 2.41 bits per heavy atom. The van der Waals surface area contributed by atoms with E-state index >= 15 is 0 Å². The minimum Gasteiger partial charge on any atom is -0.497 e. The highest BCUT2D eigenvalue weighted by molar-refractivity contribution is 8.00. The van der Waals surface area contributed by atoms with Crippen LogP contribution in [0.4, 0.5) is 10.8 Å². The SMILES string of the molecule is CCSc1nsc(NC(=O)C(C)Sc2ccc(NC(=O)/C(=C/c3ccc(OC)cc3OC)NC(=O)c3ccccc3)cc2)n1. The number of carbonyl (C=O) groups is 3. The van der Waals surface area contributed by atoms with Crippen molar-refractivity contribution in [2.45, 2.75) is 29.1 Å². The van der Waals surface area contributed by atoms with Gasteiger partial charge in [0.15, 0.2) is 0 Å². The number of ether oxygens (including phenoxy) is 2. The van der Waals surface area contributed by atoms with Crippen molar-refractivity contribution in [1.29, 1.82) is 0 Å². The molecular weight excluding hydrogens is 619 g/mol. The second-order valence-electron chi connectivity index (χ2n) is 9.03. The maximum absolute atomic E-state index is 13.4. The Balaban J connectivity index is 1.46. The van der Waals surface area contributed by atoms with Crippen molar-refractivity contribution in [3.8, 4) is 11.5 Å². The summed E-state index contributed by atoms with van der Waals surface area (Å²) in [6, 6.07) is 20.8. The van der Waals surface area contributed by atoms with Crippen molar-refractivity contribution < 1.29 is 23.9 Å². The van der Waals surface area contributed by atoms with E-state index in [1.165, 1.54) is 30.6 Å². The third-order valence-corrected chi connectivity index (χ3v) is 8.56. The summed E-state index contributed by atoms with van der Waals surface area (Å²) in [7, 11) is 3.06. The van der Waals surface area contributed by atoms with Crippen LogP contribution in [-0.4, -0.2) is 52.3 Å². The van der Waals surface area contributed by atoms with Gasteiger partial charge >= 0.3 is 0 Å². The third-order valence-electron chi connectivity index (χ3n) is 5.97. The summed E-state index contributed by atoms with van der Waals surface area (Å²) in [6.07, 6.45) is 1.54. The molecule has 0 aliphatic heterocycles. The molecule has 1 unspecified atom stereocenters. The lowest BCUT2D eigenvalue weighted by Gasteiger charge is -2.14. The number of nitrogens with zero attached hydrogens (tertiary/aromatic N) is 2. The Kier molecular flexibility index (Phi) is 11.8. The molecule has 3 amide bonds. The van der Waals surface area contributed by atoms with Gasteiger partial charge in [-0.15, -0.1) is 11.8 Å². The van der Waals surface area contributed by atoms with Crippen molar-refractivity contribution >= 4 is 69.7 Å². The highest BCUT2D eigenvalue weighted by Gasteiger charge is 2.19. The normalized spacial score (nSPS) is 11.8. The van der Waals surface area contributed by atoms with E-state index in [-0.39, 0.29) is 11.6 Å². The molecule has 0 saturated heterocycles. The van der Waals surface area contributed by atoms with Gasteiger partial charge < -0.3 is 20.1 Å². The summed E-state index contributed by atoms with van der Waals surface area (Å²) in [5.41, 5.74) is 1.49. The maximum atomic E-state index is 13.4. The van der Waals surface area contributed by atoms with Crippen LogP contribution < -0.4 is 25.4 Å². The topological polar surface area (TPSA) is 132 Å². The zero-order chi connectivity index (χ0) is 31.5. The van der Waals surface area contributed by atoms with Crippen LogP contribution in [0.1, 0.15) is 29.8 Å². The van der Waals surface area contributed by atoms with Crippen LogP contribution in [0.5, 0.6) is 11.5 Å². The summed E-state index contributed by atoms with van der Waals surface area (Å²) in [6.45, 7) is 3.82. The minimum atomic E-state index is -0.530. The molecule has 1 atom stereocenters. The molecule has 3 aromatic carbocycles. The van der Waals surface area contributed by atoms with Crippen molar-refractivity contribution in [3.63, 3.8) is 0 Å². The van der Waals surface area contributed by atoms with Crippen LogP contribution in [0, 0.1) is 0 Å². The van der Waals surface area contributed by atoms with Gasteiger partial charge in [0.05, 0.1) is 19.5 Å². The highest BCUT2D eigenvalue weighted by Crippen LogP contribution is 2.28. The molecule has 4 aromatic rings. The number of amides is 3. The number of benzene rings is 3. The van der Waals surface area contributed by atoms with E-state index in [0.717, 1.165) is 22.2 Å². The average molecular weight is 650 g/mol. The van der Waals surface area contributed by atoms with Crippen molar-refractivity contribution in [1.82, 2.24) is 14.7 Å². The van der Waals surface area contributed by atoms with Gasteiger partial charge in [-0.3, -0.25) is 19.7 Å². The molecule has 44 heavy (non-hydrogen) atoms. The zero-order valence-corrected chi connectivity index (χ0v) is 26.9. The van der Waals surface area contributed by atoms with Crippen molar-refractivity contribution in [2.24, 2.45) is 0 Å². The van der Waals surface area contributed by atoms with Gasteiger partial charge in [-0.05, 0) is 67.3 Å². The van der Waals surface area contributed by atoms with Crippen LogP contribution in [0.2, 0.25) is 0 Å². The Bertz CT molecular complexity index is 1630. The predicted molar refractivity (Wildman–Crippen MR) is 177 cm³/mol. The average Bonchev–Trinajstić information content (AvgIpc) is 3.48. The number of anilines is 2. The number of thioether (sulfide) groups is 2. The molecule has 1 heterocycles.